The Morgan fingerprint density at radius 3 is 2.45 bits per heavy atom. The van der Waals surface area contributed by atoms with E-state index in [4.69, 9.17) is 14.2 Å². The van der Waals surface area contributed by atoms with Crippen molar-refractivity contribution in [1.82, 2.24) is 9.88 Å². The van der Waals surface area contributed by atoms with Crippen LogP contribution in [0.4, 0.5) is 13.2 Å². The summed E-state index contributed by atoms with van der Waals surface area (Å²) in [6, 6.07) is 6.85. The summed E-state index contributed by atoms with van der Waals surface area (Å²) in [7, 11) is 1.35. The Morgan fingerprint density at radius 1 is 1.14 bits per heavy atom. The van der Waals surface area contributed by atoms with Crippen molar-refractivity contribution in [3.8, 4) is 5.88 Å². The summed E-state index contributed by atoms with van der Waals surface area (Å²) < 4.78 is 57.7. The van der Waals surface area contributed by atoms with Crippen molar-refractivity contribution in [2.75, 3.05) is 20.3 Å². The van der Waals surface area contributed by atoms with Gasteiger partial charge in [0.15, 0.2) is 0 Å². The molecule has 1 aromatic carbocycles. The van der Waals surface area contributed by atoms with Gasteiger partial charge in [-0.1, -0.05) is 52.0 Å². The summed E-state index contributed by atoms with van der Waals surface area (Å²) in [6.07, 6.45) is -1.86. The quantitative estimate of drug-likeness (QED) is 0.313. The number of halogens is 3. The number of alkyl halides is 3. The first-order valence-electron chi connectivity index (χ1n) is 15.3. The Hall–Kier alpha value is -3.18. The Labute approximate surface area is 256 Å². The van der Waals surface area contributed by atoms with Crippen LogP contribution in [0.5, 0.6) is 5.88 Å². The van der Waals surface area contributed by atoms with E-state index in [9.17, 15) is 27.9 Å². The Bertz CT molecular complexity index is 1310. The molecule has 3 heterocycles. The van der Waals surface area contributed by atoms with E-state index >= 15 is 0 Å². The zero-order valence-corrected chi connectivity index (χ0v) is 26.0. The molecule has 0 saturated carbocycles. The highest BCUT2D eigenvalue weighted by Gasteiger charge is 2.59. The molecule has 4 rings (SSSR count). The number of methoxy groups -OCH3 is 1. The predicted octanol–water partition coefficient (Wildman–Crippen LogP) is 6.26. The molecule has 0 radical (unpaired) electrons. The number of likely N-dealkylation sites (tertiary alicyclic amines) is 1. The number of aromatic nitrogens is 1. The zero-order chi connectivity index (χ0) is 32.2. The first-order chi connectivity index (χ1) is 20.8. The molecule has 2 fully saturated rings. The normalized spacial score (nSPS) is 24.4. The number of nitrogens with zero attached hydrogens (tertiary/aromatic N) is 2. The highest BCUT2D eigenvalue weighted by Crippen LogP contribution is 2.50. The average molecular weight is 621 g/mol. The van der Waals surface area contributed by atoms with Crippen LogP contribution in [0.2, 0.25) is 0 Å². The van der Waals surface area contributed by atoms with Crippen LogP contribution in [-0.4, -0.2) is 65.4 Å². The number of carbonyl (C=O) groups is 2. The second kappa shape index (κ2) is 13.9. The molecule has 0 spiro atoms. The highest BCUT2D eigenvalue weighted by molar-refractivity contribution is 5.88. The summed E-state index contributed by atoms with van der Waals surface area (Å²) in [5.74, 6) is -1.95. The van der Waals surface area contributed by atoms with Gasteiger partial charge in [-0.25, -0.2) is 9.78 Å². The van der Waals surface area contributed by atoms with Crippen molar-refractivity contribution in [2.45, 2.75) is 96.7 Å². The van der Waals surface area contributed by atoms with Crippen LogP contribution in [0.3, 0.4) is 0 Å². The molecule has 242 valence electrons. The van der Waals surface area contributed by atoms with Crippen LogP contribution >= 0.6 is 0 Å². The van der Waals surface area contributed by atoms with Gasteiger partial charge >= 0.3 is 12.1 Å². The van der Waals surface area contributed by atoms with E-state index in [0.717, 1.165) is 36.2 Å². The monoisotopic (exact) mass is 620 g/mol. The smallest absolute Gasteiger partial charge is 0.417 e. The number of carboxylic acids is 1. The van der Waals surface area contributed by atoms with Gasteiger partial charge in [0, 0.05) is 30.9 Å². The van der Waals surface area contributed by atoms with Crippen LogP contribution in [0.25, 0.3) is 0 Å². The molecule has 1 aromatic heterocycles. The number of hydrogen-bond acceptors (Lipinski definition) is 6. The van der Waals surface area contributed by atoms with E-state index in [1.807, 2.05) is 52.0 Å². The number of amides is 1. The van der Waals surface area contributed by atoms with Gasteiger partial charge in [0.2, 0.25) is 5.88 Å². The number of hydrogen-bond donors (Lipinski definition) is 1. The lowest BCUT2D eigenvalue weighted by molar-refractivity contribution is -0.159. The minimum Gasteiger partial charge on any atom is -0.481 e. The van der Waals surface area contributed by atoms with Crippen molar-refractivity contribution in [3.05, 3.63) is 58.8 Å². The van der Waals surface area contributed by atoms with E-state index in [1.54, 1.807) is 0 Å². The molecule has 5 atom stereocenters. The van der Waals surface area contributed by atoms with Crippen LogP contribution < -0.4 is 4.74 Å². The van der Waals surface area contributed by atoms with E-state index in [2.05, 4.69) is 4.98 Å². The zero-order valence-electron chi connectivity index (χ0n) is 26.0. The lowest BCUT2D eigenvalue weighted by Gasteiger charge is -2.35. The van der Waals surface area contributed by atoms with Crippen molar-refractivity contribution in [2.24, 2.45) is 11.3 Å². The predicted molar refractivity (Wildman–Crippen MR) is 157 cm³/mol. The number of carbonyl (C=O) groups excluding carboxylic acids is 1. The summed E-state index contributed by atoms with van der Waals surface area (Å²) >= 11 is 0. The van der Waals surface area contributed by atoms with Crippen LogP contribution in [0, 0.1) is 11.3 Å². The molecule has 44 heavy (non-hydrogen) atoms. The standard InChI is InChI=1S/C33H43F3N2O6/c1-6-20-12-7-8-14-23(20)26-28(44-17-11-13-21-18-22(33(34,35)36)19-37-29(21)42-5)25(32(2,3)4)27(31(40)41)38(26)30(39)24-15-9-10-16-43-24/h7-8,12,14,18-19,24-28H,6,9-11,13,15-17H2,1-5H3,(H,40,41)/t24-,25+,26-,27-,28-/m0/s1. The SMILES string of the molecule is CCc1ccccc1[C@H]1[C@@H](OCCCc2cc(C(F)(F)F)cnc2OC)[C@H](C(C)(C)C)[C@@H](C(=O)O)N1C(=O)[C@@H]1CCCCO1. The first kappa shape index (κ1) is 33.7. The molecule has 2 saturated heterocycles. The summed E-state index contributed by atoms with van der Waals surface area (Å²) in [6.45, 7) is 8.39. The minimum absolute atomic E-state index is 0.108. The molecule has 2 aliphatic rings. The number of rotatable bonds is 10. The van der Waals surface area contributed by atoms with Gasteiger partial charge in [-0.2, -0.15) is 13.2 Å². The maximum Gasteiger partial charge on any atom is 0.417 e. The third kappa shape index (κ3) is 7.20. The summed E-state index contributed by atoms with van der Waals surface area (Å²) in [4.78, 5) is 32.5. The topological polar surface area (TPSA) is 98.2 Å². The van der Waals surface area contributed by atoms with Crippen molar-refractivity contribution < 1.29 is 42.1 Å². The largest absolute Gasteiger partial charge is 0.481 e. The summed E-state index contributed by atoms with van der Waals surface area (Å²) in [5.41, 5.74) is 0.659. The summed E-state index contributed by atoms with van der Waals surface area (Å²) in [5, 5.41) is 10.6. The highest BCUT2D eigenvalue weighted by atomic mass is 19.4. The van der Waals surface area contributed by atoms with Crippen molar-refractivity contribution >= 4 is 11.9 Å². The average Bonchev–Trinajstić information content (AvgIpc) is 3.34. The third-order valence-electron chi connectivity index (χ3n) is 8.67. The Morgan fingerprint density at radius 2 is 1.86 bits per heavy atom. The maximum atomic E-state index is 14.2. The number of pyridine rings is 1. The van der Waals surface area contributed by atoms with E-state index in [0.29, 0.717) is 31.4 Å². The molecule has 0 aliphatic carbocycles. The second-order valence-electron chi connectivity index (χ2n) is 12.6. The lowest BCUT2D eigenvalue weighted by Crippen LogP contribution is -2.51. The van der Waals surface area contributed by atoms with Gasteiger partial charge < -0.3 is 24.2 Å². The van der Waals surface area contributed by atoms with Crippen LogP contribution in [0.1, 0.15) is 81.7 Å². The first-order valence-corrected chi connectivity index (χ1v) is 15.3. The second-order valence-corrected chi connectivity index (χ2v) is 12.6. The fourth-order valence-electron chi connectivity index (χ4n) is 6.66. The van der Waals surface area contributed by atoms with E-state index in [1.165, 1.54) is 12.0 Å². The van der Waals surface area contributed by atoms with Crippen LogP contribution in [0.15, 0.2) is 36.5 Å². The number of aliphatic carboxylic acids is 1. The molecular formula is C33H43F3N2O6. The molecule has 0 bridgehead atoms. The van der Waals surface area contributed by atoms with Crippen LogP contribution in [-0.2, 0) is 38.1 Å². The molecule has 8 nitrogen and oxygen atoms in total. The third-order valence-corrected chi connectivity index (χ3v) is 8.67. The van der Waals surface area contributed by atoms with Gasteiger partial charge in [0.05, 0.1) is 24.8 Å². The van der Waals surface area contributed by atoms with E-state index in [-0.39, 0.29) is 24.8 Å². The molecule has 1 amide bonds. The molecule has 2 aliphatic heterocycles. The van der Waals surface area contributed by atoms with Gasteiger partial charge in [-0.15, -0.1) is 0 Å². The number of ether oxygens (including phenoxy) is 3. The number of aryl methyl sites for hydroxylation is 2. The minimum atomic E-state index is -4.54. The fraction of sp³-hybridized carbons (Fsp3) is 0.606. The van der Waals surface area contributed by atoms with Gasteiger partial charge in [0.25, 0.3) is 5.91 Å². The van der Waals surface area contributed by atoms with Crippen molar-refractivity contribution in [3.63, 3.8) is 0 Å². The number of carboxylic acid groups (broad SMARTS) is 1. The van der Waals surface area contributed by atoms with E-state index < -0.39 is 53.3 Å². The molecule has 11 heteroatoms. The van der Waals surface area contributed by atoms with Crippen molar-refractivity contribution in [1.29, 1.82) is 0 Å². The van der Waals surface area contributed by atoms with Gasteiger partial charge in [-0.05, 0) is 61.1 Å². The Balaban J connectivity index is 1.70. The fourth-order valence-corrected chi connectivity index (χ4v) is 6.66. The molecular weight excluding hydrogens is 577 g/mol. The molecule has 1 N–H and O–H groups in total. The number of benzene rings is 1. The maximum absolute atomic E-state index is 14.2. The molecule has 2 aromatic rings. The van der Waals surface area contributed by atoms with Gasteiger partial charge in [0.1, 0.15) is 12.1 Å². The molecule has 0 unspecified atom stereocenters. The Kier molecular flexibility index (Phi) is 10.6. The van der Waals surface area contributed by atoms with Gasteiger partial charge in [-0.3, -0.25) is 4.79 Å². The lowest BCUT2D eigenvalue weighted by atomic mass is 9.73.